The summed E-state index contributed by atoms with van der Waals surface area (Å²) < 4.78 is 51.2. The maximum atomic E-state index is 12.0. The Kier molecular flexibility index (Phi) is 6.23. The third-order valence-electron chi connectivity index (χ3n) is 2.48. The molecule has 0 unspecified atom stereocenters. The van der Waals surface area contributed by atoms with Gasteiger partial charge in [0.25, 0.3) is 0 Å². The molecule has 0 atom stereocenters. The predicted molar refractivity (Wildman–Crippen MR) is 85.0 cm³/mol. The molecular formula is C11H17N3O4S3. The normalized spacial score (nSPS) is 12.2. The summed E-state index contributed by atoms with van der Waals surface area (Å²) in [6.45, 7) is 1.69. The summed E-state index contributed by atoms with van der Waals surface area (Å²) in [5, 5.41) is 0. The number of hydrogen-bond acceptors (Lipinski definition) is 5. The number of benzene rings is 1. The molecule has 0 saturated carbocycles. The van der Waals surface area contributed by atoms with Crippen molar-refractivity contribution < 1.29 is 16.8 Å². The Balaban J connectivity index is 2.72. The van der Waals surface area contributed by atoms with E-state index in [4.69, 9.17) is 18.0 Å². The fourth-order valence-electron chi connectivity index (χ4n) is 1.48. The van der Waals surface area contributed by atoms with Crippen LogP contribution in [-0.4, -0.2) is 40.7 Å². The molecule has 0 aliphatic carbocycles. The molecule has 0 fully saturated rings. The minimum atomic E-state index is -3.77. The van der Waals surface area contributed by atoms with Crippen LogP contribution in [0.15, 0.2) is 29.2 Å². The van der Waals surface area contributed by atoms with Gasteiger partial charge in [0.05, 0.1) is 10.6 Å². The highest BCUT2D eigenvalue weighted by molar-refractivity contribution is 7.90. The molecule has 7 nitrogen and oxygen atoms in total. The maximum absolute atomic E-state index is 12.0. The zero-order chi connectivity index (χ0) is 16.1. The zero-order valence-corrected chi connectivity index (χ0v) is 13.8. The van der Waals surface area contributed by atoms with Gasteiger partial charge >= 0.3 is 0 Å². The summed E-state index contributed by atoms with van der Waals surface area (Å²) in [5.41, 5.74) is 5.98. The monoisotopic (exact) mass is 351 g/mol. The summed E-state index contributed by atoms with van der Waals surface area (Å²) in [6, 6.07) is 5.70. The van der Waals surface area contributed by atoms with Gasteiger partial charge in [0.15, 0.2) is 0 Å². The SMILES string of the molecule is CCNS(=O)(=O)CCNS(=O)(=O)c1ccc(C(N)=S)cc1. The minimum Gasteiger partial charge on any atom is -0.389 e. The van der Waals surface area contributed by atoms with Crippen LogP contribution in [0.2, 0.25) is 0 Å². The van der Waals surface area contributed by atoms with Gasteiger partial charge in [0.2, 0.25) is 20.0 Å². The first kappa shape index (κ1) is 18.0. The van der Waals surface area contributed by atoms with E-state index in [2.05, 4.69) is 9.44 Å². The molecule has 0 aliphatic heterocycles. The number of thiocarbonyl (C=S) groups is 1. The molecule has 0 amide bonds. The molecule has 0 aliphatic rings. The Bertz CT molecular complexity index is 697. The standard InChI is InChI=1S/C11H17N3O4S3/c1-2-13-20(15,16)8-7-14-21(17,18)10-5-3-9(4-6-10)11(12)19/h3-6,13-14H,2,7-8H2,1H3,(H2,12,19). The van der Waals surface area contributed by atoms with E-state index < -0.39 is 20.0 Å². The molecule has 10 heteroatoms. The van der Waals surface area contributed by atoms with Crippen molar-refractivity contribution in [1.29, 1.82) is 0 Å². The van der Waals surface area contributed by atoms with Gasteiger partial charge in [-0.25, -0.2) is 26.3 Å². The van der Waals surface area contributed by atoms with Gasteiger partial charge in [-0.2, -0.15) is 0 Å². The van der Waals surface area contributed by atoms with Crippen LogP contribution in [0.5, 0.6) is 0 Å². The molecule has 118 valence electrons. The van der Waals surface area contributed by atoms with Gasteiger partial charge in [0.1, 0.15) is 4.99 Å². The first-order valence-electron chi connectivity index (χ1n) is 6.05. The van der Waals surface area contributed by atoms with Crippen LogP contribution in [0.4, 0.5) is 0 Å². The second-order valence-corrected chi connectivity index (χ2v) is 8.24. The average molecular weight is 351 g/mol. The first-order valence-corrected chi connectivity index (χ1v) is 9.59. The summed E-state index contributed by atoms with van der Waals surface area (Å²) in [4.78, 5) is 0.187. The highest BCUT2D eigenvalue weighted by Crippen LogP contribution is 2.10. The number of nitrogens with one attached hydrogen (secondary N) is 2. The van der Waals surface area contributed by atoms with E-state index in [1.54, 1.807) is 6.92 Å². The van der Waals surface area contributed by atoms with E-state index in [1.165, 1.54) is 24.3 Å². The van der Waals surface area contributed by atoms with Crippen molar-refractivity contribution in [3.63, 3.8) is 0 Å². The van der Waals surface area contributed by atoms with Gasteiger partial charge in [-0.1, -0.05) is 31.3 Å². The van der Waals surface area contributed by atoms with E-state index in [1.807, 2.05) is 0 Å². The highest BCUT2D eigenvalue weighted by atomic mass is 32.2. The van der Waals surface area contributed by atoms with Gasteiger partial charge in [-0.05, 0) is 12.1 Å². The third-order valence-corrected chi connectivity index (χ3v) is 5.66. The molecule has 0 heterocycles. The largest absolute Gasteiger partial charge is 0.389 e. The molecule has 0 aromatic heterocycles. The molecule has 21 heavy (non-hydrogen) atoms. The van der Waals surface area contributed by atoms with Crippen LogP contribution in [0.3, 0.4) is 0 Å². The van der Waals surface area contributed by atoms with Crippen LogP contribution in [-0.2, 0) is 20.0 Å². The maximum Gasteiger partial charge on any atom is 0.240 e. The Morgan fingerprint density at radius 1 is 1.14 bits per heavy atom. The summed E-state index contributed by atoms with van der Waals surface area (Å²) in [7, 11) is -7.23. The first-order chi connectivity index (χ1) is 9.68. The van der Waals surface area contributed by atoms with Crippen molar-refractivity contribution in [3.8, 4) is 0 Å². The van der Waals surface area contributed by atoms with Crippen molar-refractivity contribution in [2.24, 2.45) is 5.73 Å². The van der Waals surface area contributed by atoms with E-state index >= 15 is 0 Å². The predicted octanol–water partition coefficient (Wildman–Crippen LogP) is -0.462. The van der Waals surface area contributed by atoms with Crippen LogP contribution in [0.25, 0.3) is 0 Å². The van der Waals surface area contributed by atoms with Crippen molar-refractivity contribution in [3.05, 3.63) is 29.8 Å². The number of rotatable bonds is 8. The number of nitrogens with two attached hydrogens (primary N) is 1. The van der Waals surface area contributed by atoms with Crippen LogP contribution in [0.1, 0.15) is 12.5 Å². The summed E-state index contributed by atoms with van der Waals surface area (Å²) in [5.74, 6) is -0.328. The van der Waals surface area contributed by atoms with Gasteiger partial charge in [-0.15, -0.1) is 0 Å². The molecule has 1 rings (SSSR count). The van der Waals surface area contributed by atoms with Crippen LogP contribution in [0, 0.1) is 0 Å². The third kappa shape index (κ3) is 5.67. The number of sulfonamides is 2. The second kappa shape index (κ2) is 7.27. The Morgan fingerprint density at radius 3 is 2.19 bits per heavy atom. The zero-order valence-electron chi connectivity index (χ0n) is 11.4. The molecule has 0 spiro atoms. The van der Waals surface area contributed by atoms with Gasteiger partial charge in [0, 0.05) is 18.7 Å². The van der Waals surface area contributed by atoms with Crippen molar-refractivity contribution in [2.45, 2.75) is 11.8 Å². The minimum absolute atomic E-state index is 0.0170. The lowest BCUT2D eigenvalue weighted by atomic mass is 10.2. The summed E-state index contributed by atoms with van der Waals surface area (Å²) >= 11 is 4.77. The topological polar surface area (TPSA) is 118 Å². The lowest BCUT2D eigenvalue weighted by Crippen LogP contribution is -2.34. The fourth-order valence-corrected chi connectivity index (χ4v) is 3.74. The highest BCUT2D eigenvalue weighted by Gasteiger charge is 2.16. The Morgan fingerprint density at radius 2 is 1.71 bits per heavy atom. The van der Waals surface area contributed by atoms with Crippen molar-refractivity contribution in [1.82, 2.24) is 9.44 Å². The Labute approximate surface area is 130 Å². The molecular weight excluding hydrogens is 334 g/mol. The molecule has 0 bridgehead atoms. The van der Waals surface area contributed by atoms with Gasteiger partial charge < -0.3 is 5.73 Å². The molecule has 0 saturated heterocycles. The van der Waals surface area contributed by atoms with Crippen molar-refractivity contribution in [2.75, 3.05) is 18.8 Å². The smallest absolute Gasteiger partial charge is 0.240 e. The van der Waals surface area contributed by atoms with Crippen LogP contribution >= 0.6 is 12.2 Å². The molecule has 1 aromatic rings. The molecule has 4 N–H and O–H groups in total. The fraction of sp³-hybridized carbons (Fsp3) is 0.364. The van der Waals surface area contributed by atoms with Crippen molar-refractivity contribution >= 4 is 37.3 Å². The summed E-state index contributed by atoms with van der Waals surface area (Å²) in [6.07, 6.45) is 0. The van der Waals surface area contributed by atoms with E-state index in [9.17, 15) is 16.8 Å². The average Bonchev–Trinajstić information content (AvgIpc) is 2.38. The lowest BCUT2D eigenvalue weighted by Gasteiger charge is -2.08. The van der Waals surface area contributed by atoms with Gasteiger partial charge in [-0.3, -0.25) is 0 Å². The Hall–Kier alpha value is -1.07. The molecule has 1 aromatic carbocycles. The second-order valence-electron chi connectivity index (χ2n) is 4.10. The lowest BCUT2D eigenvalue weighted by molar-refractivity contribution is 0.576. The van der Waals surface area contributed by atoms with E-state index in [0.717, 1.165) is 0 Å². The quantitative estimate of drug-likeness (QED) is 0.545. The van der Waals surface area contributed by atoms with E-state index in [0.29, 0.717) is 5.56 Å². The van der Waals surface area contributed by atoms with E-state index in [-0.39, 0.29) is 28.7 Å². The number of hydrogen-bond donors (Lipinski definition) is 3. The van der Waals surface area contributed by atoms with Crippen LogP contribution < -0.4 is 15.2 Å². The molecule has 0 radical (unpaired) electrons.